The average Bonchev–Trinajstić information content (AvgIpc) is 3.25. The van der Waals surface area contributed by atoms with Gasteiger partial charge in [-0.15, -0.1) is 0 Å². The normalized spacial score (nSPS) is 16.1. The minimum Gasteiger partial charge on any atom is -0.493 e. The number of benzene rings is 2. The number of likely N-dealkylation sites (tertiary alicyclic amines) is 1. The molecule has 180 valence electrons. The summed E-state index contributed by atoms with van der Waals surface area (Å²) in [7, 11) is 1.60. The number of H-pyrrole nitrogens is 1. The summed E-state index contributed by atoms with van der Waals surface area (Å²) in [5.74, 6) is 1.75. The van der Waals surface area contributed by atoms with E-state index in [-0.39, 0.29) is 5.91 Å². The molecule has 1 aliphatic rings. The summed E-state index contributed by atoms with van der Waals surface area (Å²) >= 11 is 0. The van der Waals surface area contributed by atoms with Crippen LogP contribution in [0.4, 0.5) is 0 Å². The van der Waals surface area contributed by atoms with Crippen LogP contribution in [0.2, 0.25) is 0 Å². The zero-order valence-corrected chi connectivity index (χ0v) is 19.9. The van der Waals surface area contributed by atoms with Crippen molar-refractivity contribution in [1.29, 1.82) is 0 Å². The number of aromatic nitrogens is 3. The maximum Gasteiger partial charge on any atom is 0.253 e. The van der Waals surface area contributed by atoms with Gasteiger partial charge < -0.3 is 14.4 Å². The Morgan fingerprint density at radius 1 is 1.09 bits per heavy atom. The van der Waals surface area contributed by atoms with E-state index in [4.69, 9.17) is 9.47 Å². The van der Waals surface area contributed by atoms with Crippen LogP contribution in [-0.2, 0) is 13.0 Å². The first-order valence-electron chi connectivity index (χ1n) is 12.1. The lowest BCUT2D eigenvalue weighted by Gasteiger charge is -2.21. The van der Waals surface area contributed by atoms with Crippen molar-refractivity contribution in [1.82, 2.24) is 20.1 Å². The van der Waals surface area contributed by atoms with Crippen molar-refractivity contribution in [2.24, 2.45) is 5.92 Å². The first-order chi connectivity index (χ1) is 17.2. The highest BCUT2D eigenvalue weighted by Crippen LogP contribution is 2.30. The average molecular weight is 471 g/mol. The van der Waals surface area contributed by atoms with E-state index in [1.54, 1.807) is 25.4 Å². The predicted octanol–water partition coefficient (Wildman–Crippen LogP) is 5.03. The summed E-state index contributed by atoms with van der Waals surface area (Å²) in [6, 6.07) is 17.6. The molecule has 1 atom stereocenters. The van der Waals surface area contributed by atoms with Crippen LogP contribution in [0.5, 0.6) is 11.5 Å². The Balaban J connectivity index is 1.23. The van der Waals surface area contributed by atoms with Gasteiger partial charge in [0.25, 0.3) is 5.91 Å². The zero-order chi connectivity index (χ0) is 24.0. The summed E-state index contributed by atoms with van der Waals surface area (Å²) in [5, 5.41) is 8.27. The van der Waals surface area contributed by atoms with E-state index in [0.29, 0.717) is 29.6 Å². The smallest absolute Gasteiger partial charge is 0.253 e. The van der Waals surface area contributed by atoms with Crippen LogP contribution < -0.4 is 9.47 Å². The summed E-state index contributed by atoms with van der Waals surface area (Å²) in [4.78, 5) is 19.6. The number of pyridine rings is 1. The van der Waals surface area contributed by atoms with E-state index in [2.05, 4.69) is 33.4 Å². The van der Waals surface area contributed by atoms with Crippen molar-refractivity contribution in [3.05, 3.63) is 83.8 Å². The molecule has 1 amide bonds. The van der Waals surface area contributed by atoms with Crippen molar-refractivity contribution in [2.75, 3.05) is 20.2 Å². The first-order valence-corrected chi connectivity index (χ1v) is 12.1. The van der Waals surface area contributed by atoms with Crippen LogP contribution in [0.1, 0.15) is 40.9 Å². The van der Waals surface area contributed by atoms with E-state index < -0.39 is 0 Å². The molecule has 1 N–H and O–H groups in total. The van der Waals surface area contributed by atoms with Crippen LogP contribution in [0.25, 0.3) is 10.9 Å². The molecular formula is C28H30N4O3. The molecule has 0 bridgehead atoms. The first kappa shape index (κ1) is 22.9. The molecule has 0 radical (unpaired) electrons. The fraction of sp³-hybridized carbons (Fsp3) is 0.321. The molecule has 3 heterocycles. The largest absolute Gasteiger partial charge is 0.493 e. The summed E-state index contributed by atoms with van der Waals surface area (Å²) < 4.78 is 11.4. The molecule has 7 nitrogen and oxygen atoms in total. The van der Waals surface area contributed by atoms with E-state index in [0.717, 1.165) is 55.4 Å². The molecule has 1 aliphatic heterocycles. The number of carbonyl (C=O) groups is 1. The van der Waals surface area contributed by atoms with Crippen molar-refractivity contribution in [2.45, 2.75) is 32.3 Å². The molecular weight excluding hydrogens is 440 g/mol. The summed E-state index contributed by atoms with van der Waals surface area (Å²) in [6.07, 6.45) is 7.75. The number of aromatic amines is 1. The van der Waals surface area contributed by atoms with Gasteiger partial charge in [-0.2, -0.15) is 5.10 Å². The number of methoxy groups -OCH3 is 1. The van der Waals surface area contributed by atoms with Crippen molar-refractivity contribution in [3.8, 4) is 11.5 Å². The second-order valence-corrected chi connectivity index (χ2v) is 9.06. The fourth-order valence-corrected chi connectivity index (χ4v) is 4.77. The second kappa shape index (κ2) is 10.6. The molecule has 5 rings (SSSR count). The predicted molar refractivity (Wildman–Crippen MR) is 135 cm³/mol. The van der Waals surface area contributed by atoms with Crippen LogP contribution in [0, 0.1) is 5.92 Å². The highest BCUT2D eigenvalue weighted by Gasteiger charge is 2.23. The lowest BCUT2D eigenvalue weighted by molar-refractivity contribution is 0.0759. The van der Waals surface area contributed by atoms with Crippen molar-refractivity contribution >= 4 is 16.8 Å². The number of nitrogens with zero attached hydrogens (tertiary/aromatic N) is 3. The van der Waals surface area contributed by atoms with Crippen LogP contribution in [-0.4, -0.2) is 46.2 Å². The summed E-state index contributed by atoms with van der Waals surface area (Å²) in [5.41, 5.74) is 3.82. The topological polar surface area (TPSA) is 80.3 Å². The highest BCUT2D eigenvalue weighted by atomic mass is 16.5. The Labute approximate surface area is 205 Å². The highest BCUT2D eigenvalue weighted by molar-refractivity contribution is 5.95. The molecule has 2 aromatic heterocycles. The Kier molecular flexibility index (Phi) is 6.93. The number of amides is 1. The third kappa shape index (κ3) is 5.45. The van der Waals surface area contributed by atoms with Gasteiger partial charge in [-0.3, -0.25) is 14.9 Å². The zero-order valence-electron chi connectivity index (χ0n) is 19.9. The number of ether oxygens (including phenoxy) is 2. The fourth-order valence-electron chi connectivity index (χ4n) is 4.77. The van der Waals surface area contributed by atoms with Gasteiger partial charge in [0.05, 0.1) is 24.5 Å². The van der Waals surface area contributed by atoms with Gasteiger partial charge in [0.15, 0.2) is 11.5 Å². The number of rotatable bonds is 7. The minimum atomic E-state index is 0.0378. The number of hydrogen-bond donors (Lipinski definition) is 1. The van der Waals surface area contributed by atoms with Crippen molar-refractivity contribution < 1.29 is 14.3 Å². The van der Waals surface area contributed by atoms with E-state index in [1.807, 2.05) is 35.4 Å². The Morgan fingerprint density at radius 3 is 2.89 bits per heavy atom. The lowest BCUT2D eigenvalue weighted by atomic mass is 9.92. The molecule has 7 heteroatoms. The standard InChI is InChI=1S/C28H30N4O3/c1-34-26-10-8-22(17-27(26)35-19-24-6-2-3-12-29-24)28(33)32-13-4-5-20(11-14-32)15-21-7-9-25-23(16-21)18-30-31-25/h2-3,6-10,12,16-18,20H,4-5,11,13-15,19H2,1H3,(H,30,31)/t20-/m1/s1. The van der Waals surface area contributed by atoms with E-state index in [9.17, 15) is 4.79 Å². The third-order valence-corrected chi connectivity index (χ3v) is 6.68. The SMILES string of the molecule is COc1ccc(C(=O)N2CCC[C@@H](Cc3ccc4[nH]ncc4c3)CC2)cc1OCc1ccccn1. The van der Waals surface area contributed by atoms with Gasteiger partial charge >= 0.3 is 0 Å². The van der Waals surface area contributed by atoms with E-state index >= 15 is 0 Å². The van der Waals surface area contributed by atoms with Crippen LogP contribution >= 0.6 is 0 Å². The van der Waals surface area contributed by atoms with Gasteiger partial charge in [0.2, 0.25) is 0 Å². The molecule has 35 heavy (non-hydrogen) atoms. The minimum absolute atomic E-state index is 0.0378. The van der Waals surface area contributed by atoms with Gasteiger partial charge in [-0.25, -0.2) is 0 Å². The summed E-state index contributed by atoms with van der Waals surface area (Å²) in [6.45, 7) is 1.84. The van der Waals surface area contributed by atoms with Crippen molar-refractivity contribution in [3.63, 3.8) is 0 Å². The van der Waals surface area contributed by atoms with Gasteiger partial charge in [0.1, 0.15) is 6.61 Å². The second-order valence-electron chi connectivity index (χ2n) is 9.06. The molecule has 1 saturated heterocycles. The molecule has 4 aromatic rings. The number of nitrogens with one attached hydrogen (secondary N) is 1. The quantitative estimate of drug-likeness (QED) is 0.410. The van der Waals surface area contributed by atoms with Gasteiger partial charge in [0, 0.05) is 30.2 Å². The number of fused-ring (bicyclic) bond motifs is 1. The number of hydrogen-bond acceptors (Lipinski definition) is 5. The lowest BCUT2D eigenvalue weighted by Crippen LogP contribution is -2.32. The molecule has 0 unspecified atom stereocenters. The van der Waals surface area contributed by atoms with Gasteiger partial charge in [-0.05, 0) is 79.6 Å². The molecule has 0 spiro atoms. The number of carbonyl (C=O) groups excluding carboxylic acids is 1. The molecule has 0 aliphatic carbocycles. The maximum absolute atomic E-state index is 13.4. The maximum atomic E-state index is 13.4. The Morgan fingerprint density at radius 2 is 2.03 bits per heavy atom. The Hall–Kier alpha value is -3.87. The van der Waals surface area contributed by atoms with Crippen LogP contribution in [0.15, 0.2) is 67.0 Å². The monoisotopic (exact) mass is 470 g/mol. The molecule has 0 saturated carbocycles. The van der Waals surface area contributed by atoms with E-state index in [1.165, 1.54) is 5.56 Å². The van der Waals surface area contributed by atoms with Crippen LogP contribution in [0.3, 0.4) is 0 Å². The van der Waals surface area contributed by atoms with Gasteiger partial charge in [-0.1, -0.05) is 12.1 Å². The Bertz CT molecular complexity index is 1290. The third-order valence-electron chi connectivity index (χ3n) is 6.68. The molecule has 1 fully saturated rings. The molecule has 2 aromatic carbocycles.